The van der Waals surface area contributed by atoms with E-state index in [1.54, 1.807) is 13.8 Å². The van der Waals surface area contributed by atoms with E-state index in [1.165, 1.54) is 0 Å². The number of carbonyl (C=O) groups is 1. The molecule has 0 saturated carbocycles. The van der Waals surface area contributed by atoms with Crippen molar-refractivity contribution in [3.8, 4) is 0 Å². The molecule has 0 aliphatic carbocycles. The lowest BCUT2D eigenvalue weighted by Gasteiger charge is -2.17. The predicted molar refractivity (Wildman–Crippen MR) is 54.0 cm³/mol. The van der Waals surface area contributed by atoms with Crippen LogP contribution in [0, 0.1) is 5.41 Å². The van der Waals surface area contributed by atoms with E-state index in [0.717, 1.165) is 0 Å². The highest BCUT2D eigenvalue weighted by molar-refractivity contribution is 8.32. The summed E-state index contributed by atoms with van der Waals surface area (Å²) in [5, 5.41) is -2.95. The Morgan fingerprint density at radius 2 is 1.73 bits per heavy atom. The molecule has 0 fully saturated rings. The molecule has 1 nitrogen and oxygen atoms in total. The largest absolute Gasteiger partial charge is 0.308 e. The van der Waals surface area contributed by atoms with E-state index in [9.17, 15) is 4.79 Å². The third kappa shape index (κ3) is 5.49. The second-order valence-corrected chi connectivity index (χ2v) is 11.4. The van der Waals surface area contributed by atoms with Crippen molar-refractivity contribution in [1.82, 2.24) is 0 Å². The smallest absolute Gasteiger partial charge is 0.281 e. The molecule has 0 aliphatic heterocycles. The van der Waals surface area contributed by atoms with E-state index < -0.39 is 16.0 Å². The molecule has 0 heterocycles. The Bertz CT molecular complexity index is 162. The summed E-state index contributed by atoms with van der Waals surface area (Å²) in [6, 6.07) is 0. The molecule has 0 radical (unpaired) electrons. The zero-order valence-electron chi connectivity index (χ0n) is 6.07. The summed E-state index contributed by atoms with van der Waals surface area (Å²) in [6.07, 6.45) is 0.229. The van der Waals surface area contributed by atoms with Crippen LogP contribution in [0.5, 0.6) is 0 Å². The van der Waals surface area contributed by atoms with Gasteiger partial charge in [-0.2, -0.15) is 0 Å². The molecule has 0 aromatic carbocycles. The van der Waals surface area contributed by atoms with Gasteiger partial charge in [0.2, 0.25) is 5.24 Å². The first kappa shape index (κ1) is 12.3. The van der Waals surface area contributed by atoms with Crippen LogP contribution in [0.3, 0.4) is 0 Å². The van der Waals surface area contributed by atoms with Gasteiger partial charge in [-0.25, -0.2) is 0 Å². The van der Waals surface area contributed by atoms with Crippen LogP contribution in [-0.4, -0.2) is 11.4 Å². The first-order valence-corrected chi connectivity index (χ1v) is 7.89. The van der Waals surface area contributed by atoms with Crippen molar-refractivity contribution in [2.45, 2.75) is 13.8 Å². The molecule has 0 N–H and O–H groups in total. The highest BCUT2D eigenvalue weighted by Crippen LogP contribution is 2.75. The molecule has 0 aromatic rings. The summed E-state index contributed by atoms with van der Waals surface area (Å²) >= 11 is 22.1. The van der Waals surface area contributed by atoms with E-state index >= 15 is 0 Å². The minimum absolute atomic E-state index is 0.229. The predicted octanol–water partition coefficient (Wildman–Crippen LogP) is 4.26. The number of carbonyl (C=O) groups excluding carboxylic acids is 1. The quantitative estimate of drug-likeness (QED) is 0.545. The zero-order chi connectivity index (χ0) is 9.28. The summed E-state index contributed by atoms with van der Waals surface area (Å²) in [6.45, 7) is 3.31. The molecule has 66 valence electrons. The van der Waals surface area contributed by atoms with Gasteiger partial charge >= 0.3 is 5.32 Å². The van der Waals surface area contributed by atoms with Gasteiger partial charge in [-0.1, -0.05) is 0 Å². The number of hydrogen-bond acceptors (Lipinski definition) is 1. The summed E-state index contributed by atoms with van der Waals surface area (Å²) in [4.78, 5) is 10.8. The second-order valence-electron chi connectivity index (χ2n) is 2.87. The molecular formula is C5H8Cl4OP+. The van der Waals surface area contributed by atoms with Gasteiger partial charge in [0.1, 0.15) is 39.9 Å². The molecule has 11 heavy (non-hydrogen) atoms. The van der Waals surface area contributed by atoms with Gasteiger partial charge in [0.05, 0.1) is 5.41 Å². The van der Waals surface area contributed by atoms with Crippen LogP contribution in [0.4, 0.5) is 0 Å². The van der Waals surface area contributed by atoms with Crippen molar-refractivity contribution in [3.05, 3.63) is 0 Å². The van der Waals surface area contributed by atoms with Gasteiger partial charge < -0.3 is 0 Å². The van der Waals surface area contributed by atoms with E-state index in [0.29, 0.717) is 0 Å². The minimum atomic E-state index is -2.48. The molecular weight excluding hydrogens is 249 g/mol. The average molecular weight is 257 g/mol. The fraction of sp³-hybridized carbons (Fsp3) is 0.800. The van der Waals surface area contributed by atoms with Gasteiger partial charge in [0, 0.05) is 0 Å². The van der Waals surface area contributed by atoms with Crippen molar-refractivity contribution in [2.75, 3.05) is 6.16 Å². The maximum Gasteiger partial charge on any atom is 0.308 e. The molecule has 0 atom stereocenters. The number of hydrogen-bond donors (Lipinski definition) is 0. The molecule has 0 bridgehead atoms. The number of halogens is 4. The SMILES string of the molecule is CC(C)(C[P+](Cl)(Cl)Cl)C(=O)Cl. The fourth-order valence-electron chi connectivity index (χ4n) is 0.510. The summed E-state index contributed by atoms with van der Waals surface area (Å²) in [5.41, 5.74) is -0.736. The highest BCUT2D eigenvalue weighted by atomic mass is 36.1. The molecule has 0 amide bonds. The summed E-state index contributed by atoms with van der Waals surface area (Å²) in [5.74, 6) is 0. The Hall–Kier alpha value is 1.26. The van der Waals surface area contributed by atoms with Crippen LogP contribution < -0.4 is 0 Å². The number of rotatable bonds is 3. The summed E-state index contributed by atoms with van der Waals surface area (Å²) in [7, 11) is 0. The summed E-state index contributed by atoms with van der Waals surface area (Å²) < 4.78 is 0. The molecule has 0 rings (SSSR count). The lowest BCUT2D eigenvalue weighted by atomic mass is 9.99. The van der Waals surface area contributed by atoms with Gasteiger partial charge in [-0.15, -0.1) is 0 Å². The van der Waals surface area contributed by atoms with Gasteiger partial charge in [0.25, 0.3) is 0 Å². The monoisotopic (exact) mass is 255 g/mol. The molecule has 0 spiro atoms. The second kappa shape index (κ2) is 3.98. The first-order valence-electron chi connectivity index (χ1n) is 2.82. The Kier molecular flexibility index (Phi) is 4.43. The molecule has 0 aliphatic rings. The highest BCUT2D eigenvalue weighted by Gasteiger charge is 2.43. The van der Waals surface area contributed by atoms with E-state index in [2.05, 4.69) is 0 Å². The topological polar surface area (TPSA) is 17.1 Å². The van der Waals surface area contributed by atoms with E-state index in [-0.39, 0.29) is 6.16 Å². The third-order valence-corrected chi connectivity index (χ3v) is 3.84. The van der Waals surface area contributed by atoms with E-state index in [1.807, 2.05) is 0 Å². The fourth-order valence-corrected chi connectivity index (χ4v) is 4.40. The van der Waals surface area contributed by atoms with Crippen molar-refractivity contribution >= 4 is 55.9 Å². The lowest BCUT2D eigenvalue weighted by Crippen LogP contribution is -2.23. The minimum Gasteiger partial charge on any atom is -0.281 e. The maximum absolute atomic E-state index is 10.8. The average Bonchev–Trinajstić information content (AvgIpc) is 1.56. The Morgan fingerprint density at radius 1 is 1.36 bits per heavy atom. The van der Waals surface area contributed by atoms with Crippen LogP contribution in [0.15, 0.2) is 0 Å². The van der Waals surface area contributed by atoms with Crippen molar-refractivity contribution in [3.63, 3.8) is 0 Å². The van der Waals surface area contributed by atoms with Crippen LogP contribution in [0.25, 0.3) is 0 Å². The maximum atomic E-state index is 10.8. The van der Waals surface area contributed by atoms with Crippen LogP contribution in [0.1, 0.15) is 13.8 Å². The molecule has 6 heteroatoms. The third-order valence-electron chi connectivity index (χ3n) is 1.11. The molecule has 0 saturated heterocycles. The van der Waals surface area contributed by atoms with Crippen LogP contribution in [-0.2, 0) is 4.79 Å². The Balaban J connectivity index is 4.25. The lowest BCUT2D eigenvalue weighted by molar-refractivity contribution is -0.117. The first-order chi connectivity index (χ1) is 4.65. The van der Waals surface area contributed by atoms with Crippen molar-refractivity contribution < 1.29 is 4.79 Å². The standard InChI is InChI=1S/C5H8Cl4OP/c1-5(2,4(6)10)3-11(7,8)9/h3H2,1-2H3/q+1. The zero-order valence-corrected chi connectivity index (χ0v) is 9.99. The normalized spacial score (nSPS) is 13.3. The van der Waals surface area contributed by atoms with Crippen LogP contribution in [0.2, 0.25) is 0 Å². The Labute approximate surface area is 86.0 Å². The van der Waals surface area contributed by atoms with Gasteiger partial charge in [0.15, 0.2) is 0 Å². The van der Waals surface area contributed by atoms with Crippen LogP contribution >= 0.6 is 50.6 Å². The molecule has 0 aromatic heterocycles. The van der Waals surface area contributed by atoms with Gasteiger partial charge in [-0.05, 0) is 25.4 Å². The molecule has 0 unspecified atom stereocenters. The Morgan fingerprint density at radius 3 is 1.82 bits per heavy atom. The van der Waals surface area contributed by atoms with E-state index in [4.69, 9.17) is 45.3 Å². The van der Waals surface area contributed by atoms with Crippen molar-refractivity contribution in [1.29, 1.82) is 0 Å². The van der Waals surface area contributed by atoms with Crippen molar-refractivity contribution in [2.24, 2.45) is 5.41 Å². The van der Waals surface area contributed by atoms with Gasteiger partial charge in [-0.3, -0.25) is 4.79 Å².